The number of rotatable bonds is 6. The van der Waals surface area contributed by atoms with Crippen molar-refractivity contribution in [3.8, 4) is 0 Å². The van der Waals surface area contributed by atoms with Crippen LogP contribution < -0.4 is 15.8 Å². The van der Waals surface area contributed by atoms with E-state index >= 15 is 0 Å². The second kappa shape index (κ2) is 9.14. The summed E-state index contributed by atoms with van der Waals surface area (Å²) in [6.07, 6.45) is 3.16. The van der Waals surface area contributed by atoms with Crippen molar-refractivity contribution >= 4 is 39.8 Å². The minimum atomic E-state index is -3.64. The van der Waals surface area contributed by atoms with Crippen LogP contribution in [0.4, 0.5) is 11.5 Å². The molecule has 1 aromatic carbocycles. The minimum Gasteiger partial charge on any atom is -0.384 e. The highest BCUT2D eigenvalue weighted by molar-refractivity contribution is 7.89. The summed E-state index contributed by atoms with van der Waals surface area (Å²) in [5.74, 6) is -0.0131. The molecule has 0 bridgehead atoms. The number of nitrogens with one attached hydrogen (secondary N) is 2. The lowest BCUT2D eigenvalue weighted by molar-refractivity contribution is 0.102. The number of carbonyl (C=O) groups is 1. The normalized spacial score (nSPS) is 16.5. The summed E-state index contributed by atoms with van der Waals surface area (Å²) < 4.78 is 32.6. The Morgan fingerprint density at radius 3 is 2.56 bits per heavy atom. The summed E-state index contributed by atoms with van der Waals surface area (Å²) in [6, 6.07) is 8.92. The fourth-order valence-corrected chi connectivity index (χ4v) is 3.63. The number of hydrogen-bond donors (Lipinski definition) is 3. The van der Waals surface area contributed by atoms with Crippen LogP contribution in [0.25, 0.3) is 0 Å². The fourth-order valence-electron chi connectivity index (χ4n) is 2.56. The molecular formula is C17H21ClN4O4S. The number of nitrogens with zero attached hydrogens (tertiary/aromatic N) is 1. The molecular weight excluding hydrogens is 392 g/mol. The first-order chi connectivity index (χ1) is 12.4. The average Bonchev–Trinajstić information content (AvgIpc) is 3.16. The van der Waals surface area contributed by atoms with Crippen molar-refractivity contribution in [1.29, 1.82) is 0 Å². The van der Waals surface area contributed by atoms with Gasteiger partial charge in [0.25, 0.3) is 5.91 Å². The molecule has 0 radical (unpaired) electrons. The van der Waals surface area contributed by atoms with Crippen molar-refractivity contribution < 1.29 is 17.9 Å². The van der Waals surface area contributed by atoms with Crippen LogP contribution in [0.2, 0.25) is 0 Å². The van der Waals surface area contributed by atoms with Crippen LogP contribution in [-0.2, 0) is 14.8 Å². The zero-order valence-electron chi connectivity index (χ0n) is 14.4. The van der Waals surface area contributed by atoms with E-state index in [0.29, 0.717) is 23.7 Å². The number of hydrogen-bond acceptors (Lipinski definition) is 6. The number of nitrogen functional groups attached to an aromatic ring is 1. The number of anilines is 2. The maximum absolute atomic E-state index is 12.3. The van der Waals surface area contributed by atoms with Gasteiger partial charge in [-0.05, 0) is 49.2 Å². The average molecular weight is 413 g/mol. The Bertz CT molecular complexity index is 867. The van der Waals surface area contributed by atoms with Gasteiger partial charge >= 0.3 is 0 Å². The molecule has 3 rings (SSSR count). The van der Waals surface area contributed by atoms with Gasteiger partial charge in [-0.1, -0.05) is 0 Å². The molecule has 2 aromatic rings. The molecule has 1 aromatic heterocycles. The van der Waals surface area contributed by atoms with E-state index in [9.17, 15) is 13.2 Å². The number of aromatic nitrogens is 1. The number of nitrogens with two attached hydrogens (primary N) is 1. The van der Waals surface area contributed by atoms with Crippen molar-refractivity contribution in [1.82, 2.24) is 9.71 Å². The summed E-state index contributed by atoms with van der Waals surface area (Å²) in [4.78, 5) is 16.2. The van der Waals surface area contributed by atoms with Gasteiger partial charge in [0.1, 0.15) is 5.82 Å². The van der Waals surface area contributed by atoms with E-state index in [-0.39, 0.29) is 35.9 Å². The fraction of sp³-hybridized carbons (Fsp3) is 0.294. The standard InChI is InChI=1S/C17H20N4O4S.ClH/c18-16-8-5-13(10-19-16)21-17(22)12-3-6-15(7-4-12)26(23,24)20-11-14-2-1-9-25-14;/h3-8,10,14,20H,1-2,9,11H2,(H2,18,19)(H,21,22);1H. The molecule has 146 valence electrons. The summed E-state index contributed by atoms with van der Waals surface area (Å²) in [5.41, 5.74) is 6.33. The molecule has 1 amide bonds. The zero-order chi connectivity index (χ0) is 18.6. The van der Waals surface area contributed by atoms with Crippen LogP contribution in [0.5, 0.6) is 0 Å². The Balaban J connectivity index is 0.00000261. The Morgan fingerprint density at radius 2 is 1.96 bits per heavy atom. The van der Waals surface area contributed by atoms with Crippen LogP contribution in [0.3, 0.4) is 0 Å². The molecule has 8 nitrogen and oxygen atoms in total. The number of ether oxygens (including phenoxy) is 1. The van der Waals surface area contributed by atoms with Gasteiger partial charge in [0.15, 0.2) is 0 Å². The van der Waals surface area contributed by atoms with E-state index in [0.717, 1.165) is 12.8 Å². The van der Waals surface area contributed by atoms with Crippen molar-refractivity contribution in [2.45, 2.75) is 23.8 Å². The van der Waals surface area contributed by atoms with Gasteiger partial charge in [0.05, 0.1) is 22.9 Å². The van der Waals surface area contributed by atoms with Gasteiger partial charge in [0, 0.05) is 18.7 Å². The first kappa shape index (κ1) is 21.1. The highest BCUT2D eigenvalue weighted by Crippen LogP contribution is 2.15. The third kappa shape index (κ3) is 5.64. The largest absolute Gasteiger partial charge is 0.384 e. The number of carbonyl (C=O) groups excluding carboxylic acids is 1. The molecule has 1 atom stereocenters. The van der Waals surface area contributed by atoms with Gasteiger partial charge in [-0.3, -0.25) is 4.79 Å². The lowest BCUT2D eigenvalue weighted by Gasteiger charge is -2.11. The highest BCUT2D eigenvalue weighted by Gasteiger charge is 2.20. The molecule has 27 heavy (non-hydrogen) atoms. The molecule has 1 fully saturated rings. The predicted molar refractivity (Wildman–Crippen MR) is 104 cm³/mol. The van der Waals surface area contributed by atoms with Crippen LogP contribution in [0.1, 0.15) is 23.2 Å². The van der Waals surface area contributed by atoms with Crippen molar-refractivity contribution in [2.75, 3.05) is 24.2 Å². The molecule has 1 saturated heterocycles. The van der Waals surface area contributed by atoms with E-state index in [1.165, 1.54) is 30.5 Å². The van der Waals surface area contributed by atoms with Crippen LogP contribution in [0, 0.1) is 0 Å². The van der Waals surface area contributed by atoms with Gasteiger partial charge < -0.3 is 15.8 Å². The topological polar surface area (TPSA) is 123 Å². The number of benzene rings is 1. The third-order valence-corrected chi connectivity index (χ3v) is 5.44. The number of sulfonamides is 1. The van der Waals surface area contributed by atoms with Crippen molar-refractivity contribution in [2.24, 2.45) is 0 Å². The lowest BCUT2D eigenvalue weighted by Crippen LogP contribution is -2.31. The van der Waals surface area contributed by atoms with Crippen LogP contribution in [0.15, 0.2) is 47.5 Å². The third-order valence-electron chi connectivity index (χ3n) is 4.00. The number of halogens is 1. The highest BCUT2D eigenvalue weighted by atomic mass is 35.5. The Morgan fingerprint density at radius 1 is 1.22 bits per heavy atom. The van der Waals surface area contributed by atoms with Crippen molar-refractivity contribution in [3.63, 3.8) is 0 Å². The molecule has 0 saturated carbocycles. The monoisotopic (exact) mass is 412 g/mol. The maximum Gasteiger partial charge on any atom is 0.255 e. The quantitative estimate of drug-likeness (QED) is 0.664. The van der Waals surface area contributed by atoms with Crippen LogP contribution >= 0.6 is 12.4 Å². The zero-order valence-corrected chi connectivity index (χ0v) is 16.1. The van der Waals surface area contributed by atoms with E-state index in [1.54, 1.807) is 12.1 Å². The van der Waals surface area contributed by atoms with Gasteiger partial charge in [-0.15, -0.1) is 12.4 Å². The molecule has 10 heteroatoms. The van der Waals surface area contributed by atoms with E-state index in [4.69, 9.17) is 10.5 Å². The lowest BCUT2D eigenvalue weighted by atomic mass is 10.2. The molecule has 1 unspecified atom stereocenters. The first-order valence-corrected chi connectivity index (χ1v) is 9.66. The number of pyridine rings is 1. The maximum atomic E-state index is 12.3. The van der Waals surface area contributed by atoms with E-state index in [2.05, 4.69) is 15.0 Å². The van der Waals surface area contributed by atoms with Gasteiger partial charge in [-0.2, -0.15) is 0 Å². The second-order valence-corrected chi connectivity index (χ2v) is 7.70. The second-order valence-electron chi connectivity index (χ2n) is 5.94. The van der Waals surface area contributed by atoms with E-state index in [1.807, 2.05) is 0 Å². The molecule has 0 spiro atoms. The van der Waals surface area contributed by atoms with E-state index < -0.39 is 10.0 Å². The van der Waals surface area contributed by atoms with Crippen molar-refractivity contribution in [3.05, 3.63) is 48.2 Å². The summed E-state index contributed by atoms with van der Waals surface area (Å²) in [7, 11) is -3.64. The Hall–Kier alpha value is -2.20. The smallest absolute Gasteiger partial charge is 0.255 e. The van der Waals surface area contributed by atoms with Gasteiger partial charge in [0.2, 0.25) is 10.0 Å². The predicted octanol–water partition coefficient (Wildman–Crippen LogP) is 1.80. The summed E-state index contributed by atoms with van der Waals surface area (Å²) >= 11 is 0. The van der Waals surface area contributed by atoms with Gasteiger partial charge in [-0.25, -0.2) is 18.1 Å². The molecule has 0 aliphatic carbocycles. The molecule has 2 heterocycles. The molecule has 1 aliphatic heterocycles. The molecule has 4 N–H and O–H groups in total. The molecule has 1 aliphatic rings. The summed E-state index contributed by atoms with van der Waals surface area (Å²) in [5, 5.41) is 2.67. The van der Waals surface area contributed by atoms with Crippen LogP contribution in [-0.4, -0.2) is 38.6 Å². The SMILES string of the molecule is Cl.Nc1ccc(NC(=O)c2ccc(S(=O)(=O)NCC3CCCO3)cc2)cn1. The summed E-state index contributed by atoms with van der Waals surface area (Å²) in [6.45, 7) is 0.911. The Labute approximate surface area is 164 Å². The first-order valence-electron chi connectivity index (χ1n) is 8.18. The minimum absolute atomic E-state index is 0. The number of amides is 1. The Kier molecular flexibility index (Phi) is 7.14.